The lowest BCUT2D eigenvalue weighted by Crippen LogP contribution is -2.62. The van der Waals surface area contributed by atoms with Gasteiger partial charge in [0, 0.05) is 18.4 Å². The Morgan fingerprint density at radius 1 is 1.59 bits per heavy atom. The summed E-state index contributed by atoms with van der Waals surface area (Å²) in [5, 5.41) is 9.29. The van der Waals surface area contributed by atoms with Crippen LogP contribution >= 0.6 is 0 Å². The largest absolute Gasteiger partial charge is 0.480 e. The molecular formula is C13H18N2O2. The maximum Gasteiger partial charge on any atom is 0.324 e. The van der Waals surface area contributed by atoms with Crippen molar-refractivity contribution in [1.29, 1.82) is 0 Å². The van der Waals surface area contributed by atoms with Gasteiger partial charge in [0.15, 0.2) is 0 Å². The zero-order valence-corrected chi connectivity index (χ0v) is 10.1. The van der Waals surface area contributed by atoms with Gasteiger partial charge in [-0.3, -0.25) is 14.7 Å². The van der Waals surface area contributed by atoms with E-state index in [9.17, 15) is 9.90 Å². The van der Waals surface area contributed by atoms with Crippen molar-refractivity contribution in [1.82, 2.24) is 9.88 Å². The number of carboxylic acids is 1. The molecule has 0 radical (unpaired) electrons. The minimum Gasteiger partial charge on any atom is -0.480 e. The molecule has 0 aliphatic carbocycles. The first-order chi connectivity index (χ1) is 8.15. The minimum absolute atomic E-state index is 0.616. The molecule has 1 atom stereocenters. The molecule has 1 aliphatic rings. The fraction of sp³-hybridized carbons (Fsp3) is 0.538. The molecule has 0 unspecified atom stereocenters. The zero-order valence-electron chi connectivity index (χ0n) is 10.1. The number of pyridine rings is 1. The van der Waals surface area contributed by atoms with Gasteiger partial charge in [0.2, 0.25) is 0 Å². The normalized spacial score (nSPS) is 24.3. The maximum atomic E-state index is 11.3. The summed E-state index contributed by atoms with van der Waals surface area (Å²) in [5.41, 5.74) is 0.421. The van der Waals surface area contributed by atoms with Crippen LogP contribution in [0.15, 0.2) is 24.4 Å². The summed E-state index contributed by atoms with van der Waals surface area (Å²) in [6.07, 6.45) is 4.96. The van der Waals surface area contributed by atoms with Crippen LogP contribution in [0.4, 0.5) is 0 Å². The fourth-order valence-electron chi connectivity index (χ4n) is 2.41. The molecule has 0 amide bonds. The van der Waals surface area contributed by atoms with Crippen LogP contribution in [-0.4, -0.2) is 40.1 Å². The number of nitrogens with zero attached hydrogens (tertiary/aromatic N) is 2. The second-order valence-corrected chi connectivity index (χ2v) is 4.68. The maximum absolute atomic E-state index is 11.3. The highest BCUT2D eigenvalue weighted by Crippen LogP contribution is 2.34. The number of rotatable bonds is 5. The van der Waals surface area contributed by atoms with Gasteiger partial charge in [-0.15, -0.1) is 0 Å². The Bertz CT molecular complexity index is 394. The molecule has 1 fully saturated rings. The number of likely N-dealkylation sites (N-methyl/N-ethyl adjacent to an activating group) is 1. The summed E-state index contributed by atoms with van der Waals surface area (Å²) >= 11 is 0. The third-order valence-electron chi connectivity index (χ3n) is 3.74. The van der Waals surface area contributed by atoms with Crippen molar-refractivity contribution in [3.05, 3.63) is 30.1 Å². The summed E-state index contributed by atoms with van der Waals surface area (Å²) in [4.78, 5) is 17.5. The third-order valence-corrected chi connectivity index (χ3v) is 3.74. The van der Waals surface area contributed by atoms with E-state index in [0.29, 0.717) is 6.42 Å². The SMILES string of the molecule is CN1CC[C@@]1(CCCc1ccccn1)C(=O)O. The summed E-state index contributed by atoms with van der Waals surface area (Å²) in [6, 6.07) is 5.84. The van der Waals surface area contributed by atoms with Crippen LogP contribution in [0, 0.1) is 0 Å². The van der Waals surface area contributed by atoms with E-state index in [1.165, 1.54) is 0 Å². The number of carboxylic acid groups (broad SMARTS) is 1. The van der Waals surface area contributed by atoms with Crippen molar-refractivity contribution in [2.24, 2.45) is 0 Å². The molecule has 4 heteroatoms. The van der Waals surface area contributed by atoms with E-state index >= 15 is 0 Å². The van der Waals surface area contributed by atoms with Crippen LogP contribution in [0.3, 0.4) is 0 Å². The Hall–Kier alpha value is -1.42. The monoisotopic (exact) mass is 234 g/mol. The Morgan fingerprint density at radius 3 is 2.88 bits per heavy atom. The van der Waals surface area contributed by atoms with Crippen LogP contribution in [0.2, 0.25) is 0 Å². The topological polar surface area (TPSA) is 53.4 Å². The molecule has 2 heterocycles. The molecule has 0 spiro atoms. The van der Waals surface area contributed by atoms with E-state index in [1.54, 1.807) is 6.20 Å². The zero-order chi connectivity index (χ0) is 12.3. The lowest BCUT2D eigenvalue weighted by atomic mass is 9.80. The molecule has 2 rings (SSSR count). The number of hydrogen-bond donors (Lipinski definition) is 1. The van der Waals surface area contributed by atoms with Gasteiger partial charge >= 0.3 is 5.97 Å². The second kappa shape index (κ2) is 4.84. The van der Waals surface area contributed by atoms with Gasteiger partial charge < -0.3 is 5.11 Å². The minimum atomic E-state index is -0.688. The van der Waals surface area contributed by atoms with Crippen molar-refractivity contribution < 1.29 is 9.90 Å². The van der Waals surface area contributed by atoms with Crippen LogP contribution in [0.1, 0.15) is 25.0 Å². The van der Waals surface area contributed by atoms with E-state index in [0.717, 1.165) is 31.5 Å². The van der Waals surface area contributed by atoms with Crippen molar-refractivity contribution >= 4 is 5.97 Å². The summed E-state index contributed by atoms with van der Waals surface area (Å²) < 4.78 is 0. The van der Waals surface area contributed by atoms with E-state index in [-0.39, 0.29) is 0 Å². The quantitative estimate of drug-likeness (QED) is 0.840. The van der Waals surface area contributed by atoms with Gasteiger partial charge in [-0.25, -0.2) is 0 Å². The highest BCUT2D eigenvalue weighted by molar-refractivity contribution is 5.80. The highest BCUT2D eigenvalue weighted by atomic mass is 16.4. The third kappa shape index (κ3) is 2.31. The van der Waals surface area contributed by atoms with E-state index in [4.69, 9.17) is 0 Å². The average molecular weight is 234 g/mol. The molecule has 1 aromatic heterocycles. The Balaban J connectivity index is 1.87. The molecule has 4 nitrogen and oxygen atoms in total. The van der Waals surface area contributed by atoms with Gasteiger partial charge in [0.25, 0.3) is 0 Å². The van der Waals surface area contributed by atoms with Crippen molar-refractivity contribution in [2.75, 3.05) is 13.6 Å². The number of aliphatic carboxylic acids is 1. The van der Waals surface area contributed by atoms with E-state index < -0.39 is 11.5 Å². The number of likely N-dealkylation sites (tertiary alicyclic amines) is 1. The van der Waals surface area contributed by atoms with Gasteiger partial charge in [-0.1, -0.05) is 6.07 Å². The molecule has 1 N–H and O–H groups in total. The molecule has 0 saturated carbocycles. The summed E-state index contributed by atoms with van der Waals surface area (Å²) in [5.74, 6) is -0.688. The van der Waals surface area contributed by atoms with Gasteiger partial charge in [-0.2, -0.15) is 0 Å². The Morgan fingerprint density at radius 2 is 2.41 bits per heavy atom. The van der Waals surface area contributed by atoms with Crippen LogP contribution in [0.5, 0.6) is 0 Å². The first kappa shape index (κ1) is 12.0. The van der Waals surface area contributed by atoms with Crippen molar-refractivity contribution in [3.8, 4) is 0 Å². The summed E-state index contributed by atoms with van der Waals surface area (Å²) in [6.45, 7) is 0.885. The molecular weight excluding hydrogens is 216 g/mol. The molecule has 1 aromatic rings. The fourth-order valence-corrected chi connectivity index (χ4v) is 2.41. The van der Waals surface area contributed by atoms with Gasteiger partial charge in [0.05, 0.1) is 0 Å². The first-order valence-electron chi connectivity index (χ1n) is 6.00. The molecule has 17 heavy (non-hydrogen) atoms. The molecule has 0 aromatic carbocycles. The summed E-state index contributed by atoms with van der Waals surface area (Å²) in [7, 11) is 1.89. The van der Waals surface area contributed by atoms with Crippen molar-refractivity contribution in [2.45, 2.75) is 31.2 Å². The molecule has 92 valence electrons. The van der Waals surface area contributed by atoms with Crippen LogP contribution < -0.4 is 0 Å². The first-order valence-corrected chi connectivity index (χ1v) is 6.00. The standard InChI is InChI=1S/C13H18N2O2/c1-15-10-8-13(15,12(16)17)7-4-6-11-5-2-3-9-14-11/h2-3,5,9H,4,6-8,10H2,1H3,(H,16,17)/t13-/m0/s1. The van der Waals surface area contributed by atoms with Crippen LogP contribution in [0.25, 0.3) is 0 Å². The highest BCUT2D eigenvalue weighted by Gasteiger charge is 2.48. The lowest BCUT2D eigenvalue weighted by Gasteiger charge is -2.47. The predicted molar refractivity (Wildman–Crippen MR) is 64.8 cm³/mol. The lowest BCUT2D eigenvalue weighted by molar-refractivity contribution is -0.160. The van der Waals surface area contributed by atoms with E-state index in [2.05, 4.69) is 4.98 Å². The number of carbonyl (C=O) groups is 1. The average Bonchev–Trinajstić information content (AvgIpc) is 2.33. The molecule has 0 bridgehead atoms. The smallest absolute Gasteiger partial charge is 0.324 e. The van der Waals surface area contributed by atoms with Crippen LogP contribution in [-0.2, 0) is 11.2 Å². The Kier molecular flexibility index (Phi) is 3.43. The number of aryl methyl sites for hydroxylation is 1. The molecule has 1 aliphatic heterocycles. The van der Waals surface area contributed by atoms with E-state index in [1.807, 2.05) is 30.1 Å². The number of hydrogen-bond acceptors (Lipinski definition) is 3. The van der Waals surface area contributed by atoms with Gasteiger partial charge in [-0.05, 0) is 44.9 Å². The predicted octanol–water partition coefficient (Wildman–Crippen LogP) is 1.56. The second-order valence-electron chi connectivity index (χ2n) is 4.68. The number of aromatic nitrogens is 1. The Labute approximate surface area is 101 Å². The van der Waals surface area contributed by atoms with Gasteiger partial charge in [0.1, 0.15) is 5.54 Å². The van der Waals surface area contributed by atoms with Crippen molar-refractivity contribution in [3.63, 3.8) is 0 Å². The molecule has 1 saturated heterocycles.